The fourth-order valence-corrected chi connectivity index (χ4v) is 4.16. The third-order valence-electron chi connectivity index (χ3n) is 5.87. The Hall–Kier alpha value is -2.90. The second-order valence-corrected chi connectivity index (χ2v) is 7.83. The molecule has 0 spiro atoms. The summed E-state index contributed by atoms with van der Waals surface area (Å²) >= 11 is 0. The molecular formula is C24H29N3O4. The van der Waals surface area contributed by atoms with Gasteiger partial charge in [0.1, 0.15) is 12.4 Å². The van der Waals surface area contributed by atoms with Crippen LogP contribution in [-0.4, -0.2) is 81.2 Å². The van der Waals surface area contributed by atoms with Crippen LogP contribution in [0.4, 0.5) is 5.69 Å². The molecule has 2 aromatic carbocycles. The van der Waals surface area contributed by atoms with E-state index in [1.165, 1.54) is 5.56 Å². The lowest BCUT2D eigenvalue weighted by atomic mass is 10.1. The molecule has 2 aromatic rings. The molecule has 0 aliphatic carbocycles. The number of carbonyl (C=O) groups excluding carboxylic acids is 2. The Labute approximate surface area is 183 Å². The first-order valence-electron chi connectivity index (χ1n) is 10.8. The van der Waals surface area contributed by atoms with Gasteiger partial charge in [0.2, 0.25) is 5.91 Å². The van der Waals surface area contributed by atoms with Crippen molar-refractivity contribution in [1.82, 2.24) is 9.80 Å². The number of hydrogen-bond donors (Lipinski definition) is 0. The van der Waals surface area contributed by atoms with E-state index in [-0.39, 0.29) is 11.8 Å². The lowest BCUT2D eigenvalue weighted by molar-refractivity contribution is -0.120. The van der Waals surface area contributed by atoms with Crippen molar-refractivity contribution in [2.24, 2.45) is 0 Å². The molecule has 2 aliphatic heterocycles. The Balaban J connectivity index is 1.31. The summed E-state index contributed by atoms with van der Waals surface area (Å²) in [5.74, 6) is 0.670. The summed E-state index contributed by atoms with van der Waals surface area (Å²) in [4.78, 5) is 31.8. The highest BCUT2D eigenvalue weighted by molar-refractivity contribution is 5.97. The molecule has 0 unspecified atom stereocenters. The summed E-state index contributed by atoms with van der Waals surface area (Å²) < 4.78 is 10.7. The summed E-state index contributed by atoms with van der Waals surface area (Å²) in [5, 5.41) is 0. The van der Waals surface area contributed by atoms with Gasteiger partial charge in [0.15, 0.2) is 0 Å². The predicted octanol–water partition coefficient (Wildman–Crippen LogP) is 2.06. The zero-order chi connectivity index (χ0) is 21.6. The fraction of sp³-hybridized carbons (Fsp3) is 0.417. The minimum Gasteiger partial charge on any atom is -0.490 e. The molecule has 0 atom stereocenters. The molecule has 1 saturated heterocycles. The van der Waals surface area contributed by atoms with Gasteiger partial charge in [-0.05, 0) is 30.2 Å². The van der Waals surface area contributed by atoms with Gasteiger partial charge in [0, 0.05) is 45.5 Å². The number of rotatable bonds is 7. The maximum Gasteiger partial charge on any atom is 0.257 e. The van der Waals surface area contributed by atoms with Crippen LogP contribution >= 0.6 is 0 Å². The molecule has 1 fully saturated rings. The topological polar surface area (TPSA) is 62.3 Å². The molecule has 7 heteroatoms. The van der Waals surface area contributed by atoms with Crippen LogP contribution in [0.25, 0.3) is 0 Å². The Kier molecular flexibility index (Phi) is 6.84. The van der Waals surface area contributed by atoms with Crippen molar-refractivity contribution in [3.8, 4) is 5.75 Å². The summed E-state index contributed by atoms with van der Waals surface area (Å²) in [5.41, 5.74) is 2.83. The minimum absolute atomic E-state index is 0.0348. The van der Waals surface area contributed by atoms with Gasteiger partial charge in [-0.1, -0.05) is 30.3 Å². The minimum atomic E-state index is -0.0348. The molecule has 7 nitrogen and oxygen atoms in total. The van der Waals surface area contributed by atoms with E-state index in [1.54, 1.807) is 13.2 Å². The van der Waals surface area contributed by atoms with Gasteiger partial charge in [0.05, 0.1) is 18.7 Å². The van der Waals surface area contributed by atoms with E-state index in [2.05, 4.69) is 11.0 Å². The average molecular weight is 424 g/mol. The average Bonchev–Trinajstić information content (AvgIpc) is 3.24. The van der Waals surface area contributed by atoms with Crippen LogP contribution in [0.15, 0.2) is 48.5 Å². The van der Waals surface area contributed by atoms with E-state index in [1.807, 2.05) is 46.2 Å². The number of ether oxygens (including phenoxy) is 2. The lowest BCUT2D eigenvalue weighted by Crippen LogP contribution is -2.51. The van der Waals surface area contributed by atoms with Crippen LogP contribution in [-0.2, 0) is 16.0 Å². The van der Waals surface area contributed by atoms with E-state index in [0.29, 0.717) is 57.3 Å². The number of amides is 2. The third-order valence-corrected chi connectivity index (χ3v) is 5.87. The van der Waals surface area contributed by atoms with Crippen molar-refractivity contribution in [3.05, 3.63) is 59.7 Å². The van der Waals surface area contributed by atoms with Crippen LogP contribution in [0.1, 0.15) is 15.9 Å². The standard InChI is InChI=1S/C24H29N3O4/c1-30-16-17-31-22-9-5-3-7-20(22)24(29)26-14-12-25(13-15-26)18-23(28)27-11-10-19-6-2-4-8-21(19)27/h2-9H,10-18H2,1H3. The molecule has 164 valence electrons. The number of anilines is 1. The molecule has 0 bridgehead atoms. The highest BCUT2D eigenvalue weighted by Crippen LogP contribution is 2.27. The van der Waals surface area contributed by atoms with Crippen LogP contribution in [0.2, 0.25) is 0 Å². The molecule has 0 N–H and O–H groups in total. The molecule has 0 saturated carbocycles. The van der Waals surface area contributed by atoms with Gasteiger partial charge in [-0.15, -0.1) is 0 Å². The quantitative estimate of drug-likeness (QED) is 0.638. The first-order valence-corrected chi connectivity index (χ1v) is 10.8. The van der Waals surface area contributed by atoms with Crippen molar-refractivity contribution in [2.45, 2.75) is 6.42 Å². The van der Waals surface area contributed by atoms with Gasteiger partial charge in [-0.2, -0.15) is 0 Å². The second-order valence-electron chi connectivity index (χ2n) is 7.83. The van der Waals surface area contributed by atoms with Crippen LogP contribution in [0, 0.1) is 0 Å². The summed E-state index contributed by atoms with van der Waals surface area (Å²) in [6.07, 6.45) is 0.913. The highest BCUT2D eigenvalue weighted by atomic mass is 16.5. The Bertz CT molecular complexity index is 925. The summed E-state index contributed by atoms with van der Waals surface area (Å²) in [6, 6.07) is 15.4. The van der Waals surface area contributed by atoms with Gasteiger partial charge in [0.25, 0.3) is 5.91 Å². The van der Waals surface area contributed by atoms with E-state index < -0.39 is 0 Å². The van der Waals surface area contributed by atoms with Gasteiger partial charge in [-0.25, -0.2) is 0 Å². The monoisotopic (exact) mass is 423 g/mol. The first-order chi connectivity index (χ1) is 15.2. The SMILES string of the molecule is COCCOc1ccccc1C(=O)N1CCN(CC(=O)N2CCc3ccccc32)CC1. The smallest absolute Gasteiger partial charge is 0.257 e. The molecule has 2 aliphatic rings. The predicted molar refractivity (Wildman–Crippen MR) is 119 cm³/mol. The first kappa shape index (κ1) is 21.3. The molecular weight excluding hydrogens is 394 g/mol. The van der Waals surface area contributed by atoms with Crippen LogP contribution in [0.3, 0.4) is 0 Å². The number of nitrogens with zero attached hydrogens (tertiary/aromatic N) is 3. The van der Waals surface area contributed by atoms with Crippen LogP contribution < -0.4 is 9.64 Å². The zero-order valence-corrected chi connectivity index (χ0v) is 18.0. The number of hydrogen-bond acceptors (Lipinski definition) is 5. The lowest BCUT2D eigenvalue weighted by Gasteiger charge is -2.35. The van der Waals surface area contributed by atoms with Gasteiger partial charge in [-0.3, -0.25) is 14.5 Å². The Morgan fingerprint density at radius 2 is 1.65 bits per heavy atom. The second kappa shape index (κ2) is 9.94. The fourth-order valence-electron chi connectivity index (χ4n) is 4.16. The molecule has 2 heterocycles. The number of fused-ring (bicyclic) bond motifs is 1. The molecule has 4 rings (SSSR count). The van der Waals surface area contributed by atoms with Crippen molar-refractivity contribution in [2.75, 3.05) is 64.5 Å². The van der Waals surface area contributed by atoms with E-state index in [9.17, 15) is 9.59 Å². The molecule has 0 radical (unpaired) electrons. The summed E-state index contributed by atoms with van der Waals surface area (Å²) in [7, 11) is 1.62. The third kappa shape index (κ3) is 4.89. The van der Waals surface area contributed by atoms with E-state index in [0.717, 1.165) is 18.7 Å². The maximum atomic E-state index is 13.0. The number of piperazine rings is 1. The normalized spacial score (nSPS) is 16.3. The largest absolute Gasteiger partial charge is 0.490 e. The van der Waals surface area contributed by atoms with Gasteiger partial charge < -0.3 is 19.3 Å². The van der Waals surface area contributed by atoms with Crippen LogP contribution in [0.5, 0.6) is 5.75 Å². The number of para-hydroxylation sites is 2. The van der Waals surface area contributed by atoms with E-state index in [4.69, 9.17) is 9.47 Å². The Morgan fingerprint density at radius 3 is 2.45 bits per heavy atom. The number of carbonyl (C=O) groups is 2. The maximum absolute atomic E-state index is 13.0. The number of methoxy groups -OCH3 is 1. The van der Waals surface area contributed by atoms with Crippen molar-refractivity contribution in [3.63, 3.8) is 0 Å². The van der Waals surface area contributed by atoms with Crippen molar-refractivity contribution >= 4 is 17.5 Å². The zero-order valence-electron chi connectivity index (χ0n) is 18.0. The van der Waals surface area contributed by atoms with Crippen molar-refractivity contribution < 1.29 is 19.1 Å². The van der Waals surface area contributed by atoms with Gasteiger partial charge >= 0.3 is 0 Å². The molecule has 2 amide bonds. The van der Waals surface area contributed by atoms with E-state index >= 15 is 0 Å². The molecule has 31 heavy (non-hydrogen) atoms. The number of benzene rings is 2. The molecule has 0 aromatic heterocycles. The van der Waals surface area contributed by atoms with Crippen molar-refractivity contribution in [1.29, 1.82) is 0 Å². The Morgan fingerprint density at radius 1 is 0.903 bits per heavy atom. The highest BCUT2D eigenvalue weighted by Gasteiger charge is 2.28. The summed E-state index contributed by atoms with van der Waals surface area (Å²) in [6.45, 7) is 4.54.